The van der Waals surface area contributed by atoms with Gasteiger partial charge in [0.05, 0.1) is 5.92 Å². The van der Waals surface area contributed by atoms with E-state index in [4.69, 9.17) is 0 Å². The highest BCUT2D eigenvalue weighted by Crippen LogP contribution is 2.34. The van der Waals surface area contributed by atoms with Crippen molar-refractivity contribution in [3.63, 3.8) is 0 Å². The Bertz CT molecular complexity index is 469. The van der Waals surface area contributed by atoms with Crippen LogP contribution in [0.4, 0.5) is 0 Å². The molecule has 2 unspecified atom stereocenters. The summed E-state index contributed by atoms with van der Waals surface area (Å²) in [6.07, 6.45) is 7.18. The maximum absolute atomic E-state index is 12.3. The second kappa shape index (κ2) is 6.26. The first-order valence-corrected chi connectivity index (χ1v) is 8.37. The van der Waals surface area contributed by atoms with E-state index in [1.165, 1.54) is 0 Å². The lowest BCUT2D eigenvalue weighted by Gasteiger charge is -2.24. The number of rotatable bonds is 6. The molecule has 0 aromatic heterocycles. The molecule has 0 radical (unpaired) electrons. The van der Waals surface area contributed by atoms with E-state index in [0.29, 0.717) is 18.9 Å². The molecule has 1 aliphatic heterocycles. The van der Waals surface area contributed by atoms with Crippen molar-refractivity contribution < 1.29 is 19.5 Å². The summed E-state index contributed by atoms with van der Waals surface area (Å²) in [5.74, 6) is -1.17. The third-order valence-electron chi connectivity index (χ3n) is 5.18. The average molecular weight is 308 g/mol. The third kappa shape index (κ3) is 3.42. The van der Waals surface area contributed by atoms with E-state index in [2.05, 4.69) is 5.32 Å². The molecule has 6 nitrogen and oxygen atoms in total. The number of likely N-dealkylation sites (tertiary alicyclic amines) is 1. The Morgan fingerprint density at radius 1 is 1.23 bits per heavy atom. The lowest BCUT2D eigenvalue weighted by atomic mass is 10.1. The average Bonchev–Trinajstić information content (AvgIpc) is 2.98. The largest absolute Gasteiger partial charge is 0.480 e. The summed E-state index contributed by atoms with van der Waals surface area (Å²) in [4.78, 5) is 37.5. The highest BCUT2D eigenvalue weighted by Gasteiger charge is 2.40. The highest BCUT2D eigenvalue weighted by molar-refractivity contribution is 5.91. The second-order valence-electron chi connectivity index (χ2n) is 6.96. The summed E-state index contributed by atoms with van der Waals surface area (Å²) in [5, 5.41) is 11.9. The van der Waals surface area contributed by atoms with Crippen LogP contribution in [0.15, 0.2) is 0 Å². The molecule has 2 amide bonds. The number of hydrogen-bond donors (Lipinski definition) is 2. The van der Waals surface area contributed by atoms with Gasteiger partial charge in [-0.1, -0.05) is 25.7 Å². The van der Waals surface area contributed by atoms with Crippen LogP contribution in [0.5, 0.6) is 0 Å². The first-order chi connectivity index (χ1) is 10.5. The molecule has 0 bridgehead atoms. The van der Waals surface area contributed by atoms with Gasteiger partial charge in [-0.05, 0) is 25.2 Å². The number of nitrogens with zero attached hydrogens (tertiary/aromatic N) is 1. The molecule has 122 valence electrons. The van der Waals surface area contributed by atoms with Crippen LogP contribution < -0.4 is 5.32 Å². The number of carbonyl (C=O) groups is 3. The fraction of sp³-hybridized carbons (Fsp3) is 0.812. The molecular weight excluding hydrogens is 284 g/mol. The van der Waals surface area contributed by atoms with E-state index < -0.39 is 17.9 Å². The van der Waals surface area contributed by atoms with E-state index in [9.17, 15) is 19.5 Å². The molecule has 3 fully saturated rings. The lowest BCUT2D eigenvalue weighted by molar-refractivity contribution is -0.142. The first-order valence-electron chi connectivity index (χ1n) is 8.37. The van der Waals surface area contributed by atoms with E-state index in [1.807, 2.05) is 4.90 Å². The highest BCUT2D eigenvalue weighted by atomic mass is 16.4. The van der Waals surface area contributed by atoms with Crippen LogP contribution in [0.2, 0.25) is 0 Å². The van der Waals surface area contributed by atoms with Crippen molar-refractivity contribution in [2.45, 2.75) is 63.5 Å². The maximum Gasteiger partial charge on any atom is 0.326 e. The minimum Gasteiger partial charge on any atom is -0.480 e. The normalized spacial score (nSPS) is 27.2. The van der Waals surface area contributed by atoms with E-state index in [1.54, 1.807) is 0 Å². The van der Waals surface area contributed by atoms with Gasteiger partial charge in [-0.2, -0.15) is 0 Å². The Hall–Kier alpha value is -1.59. The number of carbonyl (C=O) groups excluding carboxylic acids is 2. The van der Waals surface area contributed by atoms with Crippen LogP contribution >= 0.6 is 0 Å². The molecule has 2 aliphatic carbocycles. The van der Waals surface area contributed by atoms with Crippen LogP contribution in [-0.4, -0.2) is 46.4 Å². The van der Waals surface area contributed by atoms with Crippen molar-refractivity contribution >= 4 is 17.8 Å². The number of carboxylic acids is 1. The monoisotopic (exact) mass is 308 g/mol. The summed E-state index contributed by atoms with van der Waals surface area (Å²) in [6.45, 7) is 0.450. The van der Waals surface area contributed by atoms with Crippen molar-refractivity contribution in [1.82, 2.24) is 10.2 Å². The van der Waals surface area contributed by atoms with Gasteiger partial charge < -0.3 is 15.3 Å². The maximum atomic E-state index is 12.3. The Kier molecular flexibility index (Phi) is 4.36. The zero-order valence-electron chi connectivity index (χ0n) is 12.8. The van der Waals surface area contributed by atoms with Gasteiger partial charge in [0.25, 0.3) is 0 Å². The SMILES string of the molecule is O=C(NC(CC1CC1)C(=O)O)C1CC(=O)N(C2CCCC2)C1. The zero-order valence-corrected chi connectivity index (χ0v) is 12.8. The van der Waals surface area contributed by atoms with Crippen LogP contribution in [0.1, 0.15) is 51.4 Å². The predicted molar refractivity (Wildman–Crippen MR) is 79.0 cm³/mol. The van der Waals surface area contributed by atoms with Gasteiger partial charge in [0.15, 0.2) is 0 Å². The first kappa shape index (κ1) is 15.3. The number of amides is 2. The van der Waals surface area contributed by atoms with Crippen LogP contribution in [0.25, 0.3) is 0 Å². The molecule has 1 saturated heterocycles. The van der Waals surface area contributed by atoms with Gasteiger partial charge >= 0.3 is 5.97 Å². The number of nitrogens with one attached hydrogen (secondary N) is 1. The van der Waals surface area contributed by atoms with Gasteiger partial charge in [0, 0.05) is 19.0 Å². The fourth-order valence-electron chi connectivity index (χ4n) is 3.67. The molecule has 2 saturated carbocycles. The molecular formula is C16H24N2O4. The fourth-order valence-corrected chi connectivity index (χ4v) is 3.67. The minimum absolute atomic E-state index is 0.0427. The Labute approximate surface area is 130 Å². The molecule has 3 aliphatic rings. The quantitative estimate of drug-likeness (QED) is 0.770. The van der Waals surface area contributed by atoms with Crippen LogP contribution in [0.3, 0.4) is 0 Å². The predicted octanol–water partition coefficient (Wildman–Crippen LogP) is 1.15. The summed E-state index contributed by atoms with van der Waals surface area (Å²) >= 11 is 0. The van der Waals surface area contributed by atoms with Crippen molar-refractivity contribution in [3.05, 3.63) is 0 Å². The number of hydrogen-bond acceptors (Lipinski definition) is 3. The van der Waals surface area contributed by atoms with Crippen LogP contribution in [0, 0.1) is 11.8 Å². The van der Waals surface area contributed by atoms with Gasteiger partial charge in [0.1, 0.15) is 6.04 Å². The Balaban J connectivity index is 1.55. The molecule has 2 N–H and O–H groups in total. The standard InChI is InChI=1S/C16H24N2O4/c19-14-8-11(9-18(14)12-3-1-2-4-12)15(20)17-13(16(21)22)7-10-5-6-10/h10-13H,1-9H2,(H,17,20)(H,21,22). The molecule has 0 spiro atoms. The molecule has 22 heavy (non-hydrogen) atoms. The minimum atomic E-state index is -0.975. The second-order valence-corrected chi connectivity index (χ2v) is 6.96. The van der Waals surface area contributed by atoms with Gasteiger partial charge in [0.2, 0.25) is 11.8 Å². The molecule has 0 aromatic carbocycles. The Morgan fingerprint density at radius 2 is 1.91 bits per heavy atom. The summed E-state index contributed by atoms with van der Waals surface area (Å²) in [7, 11) is 0. The van der Waals surface area contributed by atoms with E-state index in [0.717, 1.165) is 38.5 Å². The Morgan fingerprint density at radius 3 is 2.50 bits per heavy atom. The molecule has 6 heteroatoms. The lowest BCUT2D eigenvalue weighted by Crippen LogP contribution is -2.44. The van der Waals surface area contributed by atoms with E-state index >= 15 is 0 Å². The van der Waals surface area contributed by atoms with Crippen molar-refractivity contribution in [2.24, 2.45) is 11.8 Å². The summed E-state index contributed by atoms with van der Waals surface area (Å²) < 4.78 is 0. The van der Waals surface area contributed by atoms with Crippen molar-refractivity contribution in [3.8, 4) is 0 Å². The number of carboxylic acid groups (broad SMARTS) is 1. The molecule has 1 heterocycles. The van der Waals surface area contributed by atoms with E-state index in [-0.39, 0.29) is 24.3 Å². The third-order valence-corrected chi connectivity index (χ3v) is 5.18. The van der Waals surface area contributed by atoms with Gasteiger partial charge in [-0.15, -0.1) is 0 Å². The molecule has 3 rings (SSSR count). The zero-order chi connectivity index (χ0) is 15.7. The van der Waals surface area contributed by atoms with Gasteiger partial charge in [-0.3, -0.25) is 9.59 Å². The summed E-state index contributed by atoms with van der Waals surface area (Å²) in [5.41, 5.74) is 0. The number of aliphatic carboxylic acids is 1. The molecule has 2 atom stereocenters. The van der Waals surface area contributed by atoms with Crippen molar-refractivity contribution in [2.75, 3.05) is 6.54 Å². The van der Waals surface area contributed by atoms with Crippen molar-refractivity contribution in [1.29, 1.82) is 0 Å². The topological polar surface area (TPSA) is 86.7 Å². The molecule has 0 aromatic rings. The summed E-state index contributed by atoms with van der Waals surface area (Å²) in [6, 6.07) is -0.525. The smallest absolute Gasteiger partial charge is 0.326 e. The van der Waals surface area contributed by atoms with Crippen LogP contribution in [-0.2, 0) is 14.4 Å². The van der Waals surface area contributed by atoms with Gasteiger partial charge in [-0.25, -0.2) is 4.79 Å².